The minimum absolute atomic E-state index is 0.123. The summed E-state index contributed by atoms with van der Waals surface area (Å²) in [6.45, 7) is -3.34. The van der Waals surface area contributed by atoms with Crippen LogP contribution in [0.1, 0.15) is 6.42 Å². The van der Waals surface area contributed by atoms with Crippen molar-refractivity contribution in [1.82, 2.24) is 24.9 Å². The number of carboxylic acids is 3. The number of β-amino-alcohol motifs (C(OH)–C–C–N with tert-alkyl or cyclic N) is 1. The van der Waals surface area contributed by atoms with Crippen LogP contribution >= 0.6 is 0 Å². The van der Waals surface area contributed by atoms with Gasteiger partial charge in [-0.1, -0.05) is 0 Å². The van der Waals surface area contributed by atoms with Gasteiger partial charge < -0.3 is 30.5 Å². The van der Waals surface area contributed by atoms with E-state index in [9.17, 15) is 79.1 Å². The highest BCUT2D eigenvalue weighted by Gasteiger charge is 2.81. The van der Waals surface area contributed by atoms with Gasteiger partial charge in [0.1, 0.15) is 6.61 Å². The molecule has 5 N–H and O–H groups in total. The molecule has 0 radical (unpaired) electrons. The van der Waals surface area contributed by atoms with Gasteiger partial charge in [0.15, 0.2) is 0 Å². The van der Waals surface area contributed by atoms with Crippen molar-refractivity contribution in [2.75, 3.05) is 98.3 Å². The van der Waals surface area contributed by atoms with Gasteiger partial charge in [-0.05, 0) is 0 Å². The molecule has 48 heavy (non-hydrogen) atoms. The van der Waals surface area contributed by atoms with E-state index in [0.717, 1.165) is 0 Å². The van der Waals surface area contributed by atoms with Gasteiger partial charge in [-0.3, -0.25) is 38.8 Å². The molecular weight excluding hydrogens is 685 g/mol. The Morgan fingerprint density at radius 3 is 1.38 bits per heavy atom. The molecule has 0 aromatic heterocycles. The second kappa shape index (κ2) is 18.7. The Bertz CT molecular complexity index is 1040. The number of aliphatic carboxylic acids is 3. The SMILES string of the molecule is O=C(O)CN1CCN(CC(=O)O)CCN(CC(O)CNC(=O)COCCC(F)(F)C(F)(F)C(F)(F)C(F)(F)F)CCN(CC(=O)O)CC1. The lowest BCUT2D eigenvalue weighted by molar-refractivity contribution is -0.397. The Balaban J connectivity index is 2.75. The smallest absolute Gasteiger partial charge is 0.460 e. The van der Waals surface area contributed by atoms with Crippen LogP contribution in [0.2, 0.25) is 0 Å². The molecule has 1 unspecified atom stereocenters. The minimum atomic E-state index is -7.05. The molecule has 23 heteroatoms. The molecular formula is C25H38F9N5O9. The third-order valence-corrected chi connectivity index (χ3v) is 7.01. The molecule has 1 aliphatic rings. The average Bonchev–Trinajstić information content (AvgIpc) is 2.94. The summed E-state index contributed by atoms with van der Waals surface area (Å²) in [5.74, 6) is -24.3. The fourth-order valence-corrected chi connectivity index (χ4v) is 4.38. The number of hydrogen-bond acceptors (Lipinski definition) is 10. The number of hydrogen-bond donors (Lipinski definition) is 5. The highest BCUT2D eigenvalue weighted by Crippen LogP contribution is 2.53. The summed E-state index contributed by atoms with van der Waals surface area (Å²) in [5.41, 5.74) is 0. The number of carbonyl (C=O) groups excluding carboxylic acids is 1. The van der Waals surface area contributed by atoms with E-state index in [1.165, 1.54) is 14.7 Å². The van der Waals surface area contributed by atoms with E-state index in [1.54, 1.807) is 4.90 Å². The van der Waals surface area contributed by atoms with Crippen LogP contribution in [0.15, 0.2) is 0 Å². The lowest BCUT2D eigenvalue weighted by atomic mass is 10.0. The zero-order valence-electron chi connectivity index (χ0n) is 25.4. The molecule has 1 heterocycles. The van der Waals surface area contributed by atoms with Gasteiger partial charge in [0, 0.05) is 71.9 Å². The van der Waals surface area contributed by atoms with Crippen LogP contribution in [0.4, 0.5) is 39.5 Å². The zero-order valence-corrected chi connectivity index (χ0v) is 25.4. The van der Waals surface area contributed by atoms with Crippen LogP contribution in [0, 0.1) is 0 Å². The minimum Gasteiger partial charge on any atom is -0.480 e. The molecule has 1 rings (SSSR count). The lowest BCUT2D eigenvalue weighted by Gasteiger charge is -2.33. The third-order valence-electron chi connectivity index (χ3n) is 7.01. The summed E-state index contributed by atoms with van der Waals surface area (Å²) >= 11 is 0. The zero-order chi connectivity index (χ0) is 36.9. The number of aliphatic hydroxyl groups excluding tert-OH is 1. The predicted octanol–water partition coefficient (Wildman–Crippen LogP) is -0.186. The molecule has 1 amide bonds. The molecule has 1 saturated heterocycles. The Morgan fingerprint density at radius 2 is 1.02 bits per heavy atom. The highest BCUT2D eigenvalue weighted by molar-refractivity contribution is 5.77. The number of nitrogens with zero attached hydrogens (tertiary/aromatic N) is 4. The van der Waals surface area contributed by atoms with Crippen LogP contribution < -0.4 is 5.32 Å². The summed E-state index contributed by atoms with van der Waals surface area (Å²) in [5, 5.41) is 40.3. The Hall–Kier alpha value is -2.99. The van der Waals surface area contributed by atoms with E-state index >= 15 is 0 Å². The molecule has 0 bridgehead atoms. The number of amides is 1. The summed E-state index contributed by atoms with van der Waals surface area (Å²) in [6.07, 6.45) is -10.6. The van der Waals surface area contributed by atoms with E-state index in [-0.39, 0.29) is 65.4 Å². The van der Waals surface area contributed by atoms with E-state index < -0.39 is 93.1 Å². The maximum atomic E-state index is 13.6. The van der Waals surface area contributed by atoms with Crippen molar-refractivity contribution >= 4 is 23.8 Å². The Morgan fingerprint density at radius 1 is 0.646 bits per heavy atom. The number of carbonyl (C=O) groups is 4. The van der Waals surface area contributed by atoms with Gasteiger partial charge in [-0.25, -0.2) is 0 Å². The Kier molecular flexibility index (Phi) is 16.8. The maximum absolute atomic E-state index is 13.6. The van der Waals surface area contributed by atoms with Crippen LogP contribution in [-0.4, -0.2) is 192 Å². The molecule has 1 fully saturated rings. The molecule has 14 nitrogen and oxygen atoms in total. The first-order chi connectivity index (χ1) is 22.0. The standard InChI is InChI=1S/C25H38F9N5O9/c26-22(27,23(28,29)24(30,31)25(32,33)34)1-10-48-16-18(41)35-11-17(40)12-36-2-4-37(13-19(42)43)6-8-39(15-21(46)47)9-7-38(5-3-36)14-20(44)45/h17,40H,1-16H2,(H,35,41)(H,42,43)(H,44,45)(H,46,47). The molecule has 0 aliphatic carbocycles. The molecule has 0 aromatic rings. The number of alkyl halides is 9. The largest absolute Gasteiger partial charge is 0.480 e. The topological polar surface area (TPSA) is 183 Å². The number of ether oxygens (including phenoxy) is 1. The van der Waals surface area contributed by atoms with Crippen LogP contribution in [0.5, 0.6) is 0 Å². The van der Waals surface area contributed by atoms with Gasteiger partial charge in [0.05, 0.1) is 32.3 Å². The van der Waals surface area contributed by atoms with Crippen LogP contribution in [0.3, 0.4) is 0 Å². The van der Waals surface area contributed by atoms with Crippen LogP contribution in [-0.2, 0) is 23.9 Å². The van der Waals surface area contributed by atoms with Crippen molar-refractivity contribution in [2.24, 2.45) is 0 Å². The summed E-state index contributed by atoms with van der Waals surface area (Å²) in [6, 6.07) is 0. The van der Waals surface area contributed by atoms with Crippen molar-refractivity contribution in [3.8, 4) is 0 Å². The molecule has 0 saturated carbocycles. The summed E-state index contributed by atoms with van der Waals surface area (Å²) < 4.78 is 121. The van der Waals surface area contributed by atoms with E-state index in [4.69, 9.17) is 0 Å². The lowest BCUT2D eigenvalue weighted by Crippen LogP contribution is -2.61. The normalized spacial score (nSPS) is 18.5. The monoisotopic (exact) mass is 723 g/mol. The van der Waals surface area contributed by atoms with Gasteiger partial charge in [-0.15, -0.1) is 0 Å². The number of rotatable bonds is 17. The van der Waals surface area contributed by atoms with Gasteiger partial charge >= 0.3 is 41.9 Å². The fourth-order valence-electron chi connectivity index (χ4n) is 4.38. The van der Waals surface area contributed by atoms with Crippen molar-refractivity contribution in [1.29, 1.82) is 0 Å². The first-order valence-corrected chi connectivity index (χ1v) is 14.3. The van der Waals surface area contributed by atoms with Gasteiger partial charge in [0.2, 0.25) is 5.91 Å². The Labute approximate surface area is 268 Å². The number of halogens is 9. The second-order valence-electron chi connectivity index (χ2n) is 10.9. The van der Waals surface area contributed by atoms with Crippen molar-refractivity contribution in [2.45, 2.75) is 36.5 Å². The fraction of sp³-hybridized carbons (Fsp3) is 0.840. The van der Waals surface area contributed by atoms with Crippen molar-refractivity contribution < 1.29 is 83.9 Å². The van der Waals surface area contributed by atoms with Crippen LogP contribution in [0.25, 0.3) is 0 Å². The molecule has 0 aromatic carbocycles. The van der Waals surface area contributed by atoms with Crippen molar-refractivity contribution in [3.05, 3.63) is 0 Å². The second-order valence-corrected chi connectivity index (χ2v) is 10.9. The maximum Gasteiger partial charge on any atom is 0.460 e. The van der Waals surface area contributed by atoms with E-state index in [2.05, 4.69) is 10.1 Å². The molecule has 280 valence electrons. The predicted molar refractivity (Wildman–Crippen MR) is 144 cm³/mol. The molecule has 1 atom stereocenters. The van der Waals surface area contributed by atoms with Gasteiger partial charge in [-0.2, -0.15) is 39.5 Å². The molecule has 1 aliphatic heterocycles. The number of aliphatic hydroxyl groups is 1. The number of carboxylic acid groups (broad SMARTS) is 3. The summed E-state index contributed by atoms with van der Waals surface area (Å²) in [7, 11) is 0. The number of nitrogens with one attached hydrogen (secondary N) is 1. The molecule has 0 spiro atoms. The van der Waals surface area contributed by atoms with E-state index in [1.807, 2.05) is 0 Å². The third kappa shape index (κ3) is 14.2. The van der Waals surface area contributed by atoms with Gasteiger partial charge in [0.25, 0.3) is 0 Å². The van der Waals surface area contributed by atoms with E-state index in [0.29, 0.717) is 0 Å². The van der Waals surface area contributed by atoms with Crippen molar-refractivity contribution in [3.63, 3.8) is 0 Å². The first kappa shape index (κ1) is 43.0. The first-order valence-electron chi connectivity index (χ1n) is 14.3. The average molecular weight is 724 g/mol. The summed E-state index contributed by atoms with van der Waals surface area (Å²) in [4.78, 5) is 52.2. The quantitative estimate of drug-likeness (QED) is 0.0985. The highest BCUT2D eigenvalue weighted by atomic mass is 19.4.